The SMILES string of the molecule is CC(Nc1ccc2nccnc2n1)c1nncn1C. The van der Waals surface area contributed by atoms with Gasteiger partial charge < -0.3 is 9.88 Å². The fraction of sp³-hybridized carbons (Fsp3) is 0.250. The predicted molar refractivity (Wildman–Crippen MR) is 70.4 cm³/mol. The van der Waals surface area contributed by atoms with Crippen molar-refractivity contribution in [3.63, 3.8) is 0 Å². The summed E-state index contributed by atoms with van der Waals surface area (Å²) < 4.78 is 1.87. The summed E-state index contributed by atoms with van der Waals surface area (Å²) in [5.41, 5.74) is 1.40. The first-order valence-corrected chi connectivity index (χ1v) is 5.92. The maximum atomic E-state index is 4.41. The van der Waals surface area contributed by atoms with Gasteiger partial charge >= 0.3 is 0 Å². The molecule has 7 heteroatoms. The van der Waals surface area contributed by atoms with E-state index in [2.05, 4.69) is 30.5 Å². The summed E-state index contributed by atoms with van der Waals surface area (Å²) in [4.78, 5) is 12.8. The van der Waals surface area contributed by atoms with Crippen LogP contribution in [0.1, 0.15) is 18.8 Å². The number of aryl methyl sites for hydroxylation is 1. The van der Waals surface area contributed by atoms with Crippen LogP contribution in [0.3, 0.4) is 0 Å². The minimum atomic E-state index is 0.00845. The standard InChI is InChI=1S/C12H13N7/c1-8(12-18-15-7-19(12)2)16-10-4-3-9-11(17-10)14-6-5-13-9/h3-8H,1-2H3,(H,14,16,17). The van der Waals surface area contributed by atoms with Gasteiger partial charge in [-0.3, -0.25) is 4.98 Å². The lowest BCUT2D eigenvalue weighted by atomic mass is 10.3. The number of nitrogens with one attached hydrogen (secondary N) is 1. The minimum absolute atomic E-state index is 0.00845. The van der Waals surface area contributed by atoms with Crippen molar-refractivity contribution in [1.82, 2.24) is 29.7 Å². The van der Waals surface area contributed by atoms with Crippen LogP contribution in [-0.4, -0.2) is 29.7 Å². The van der Waals surface area contributed by atoms with Crippen molar-refractivity contribution >= 4 is 17.0 Å². The van der Waals surface area contributed by atoms with Crippen molar-refractivity contribution in [3.8, 4) is 0 Å². The second kappa shape index (κ2) is 4.60. The zero-order valence-electron chi connectivity index (χ0n) is 10.6. The summed E-state index contributed by atoms with van der Waals surface area (Å²) in [6, 6.07) is 3.78. The van der Waals surface area contributed by atoms with E-state index < -0.39 is 0 Å². The zero-order chi connectivity index (χ0) is 13.2. The van der Waals surface area contributed by atoms with Gasteiger partial charge in [0.25, 0.3) is 0 Å². The molecule has 1 atom stereocenters. The molecule has 0 amide bonds. The number of fused-ring (bicyclic) bond motifs is 1. The van der Waals surface area contributed by atoms with E-state index in [0.29, 0.717) is 5.65 Å². The molecule has 96 valence electrons. The molecule has 0 aliphatic heterocycles. The van der Waals surface area contributed by atoms with Gasteiger partial charge in [0.15, 0.2) is 11.5 Å². The largest absolute Gasteiger partial charge is 0.360 e. The Bertz CT molecular complexity index is 706. The summed E-state index contributed by atoms with van der Waals surface area (Å²) in [6.45, 7) is 2.01. The molecule has 3 aromatic rings. The van der Waals surface area contributed by atoms with Crippen molar-refractivity contribution < 1.29 is 0 Å². The molecule has 0 saturated carbocycles. The molecule has 0 bridgehead atoms. The maximum absolute atomic E-state index is 4.41. The highest BCUT2D eigenvalue weighted by molar-refractivity contribution is 5.71. The molecule has 0 radical (unpaired) electrons. The fourth-order valence-electron chi connectivity index (χ4n) is 1.91. The van der Waals surface area contributed by atoms with E-state index in [1.165, 1.54) is 0 Å². The van der Waals surface area contributed by atoms with Crippen molar-refractivity contribution in [1.29, 1.82) is 0 Å². The average Bonchev–Trinajstić information content (AvgIpc) is 2.85. The number of anilines is 1. The van der Waals surface area contributed by atoms with Crippen molar-refractivity contribution in [2.75, 3.05) is 5.32 Å². The van der Waals surface area contributed by atoms with Crippen LogP contribution in [0, 0.1) is 0 Å². The smallest absolute Gasteiger partial charge is 0.180 e. The van der Waals surface area contributed by atoms with Crippen molar-refractivity contribution in [2.45, 2.75) is 13.0 Å². The van der Waals surface area contributed by atoms with Crippen LogP contribution in [0.5, 0.6) is 0 Å². The first-order valence-electron chi connectivity index (χ1n) is 5.92. The minimum Gasteiger partial charge on any atom is -0.360 e. The Kier molecular flexibility index (Phi) is 2.79. The second-order valence-electron chi connectivity index (χ2n) is 4.26. The number of aromatic nitrogens is 6. The van der Waals surface area contributed by atoms with Crippen LogP contribution in [0.15, 0.2) is 30.9 Å². The highest BCUT2D eigenvalue weighted by Crippen LogP contribution is 2.16. The Hall–Kier alpha value is -2.57. The van der Waals surface area contributed by atoms with Crippen molar-refractivity contribution in [2.24, 2.45) is 7.05 Å². The van der Waals surface area contributed by atoms with Crippen LogP contribution in [0.2, 0.25) is 0 Å². The Morgan fingerprint density at radius 2 is 2.05 bits per heavy atom. The Morgan fingerprint density at radius 1 is 1.21 bits per heavy atom. The molecule has 7 nitrogen and oxygen atoms in total. The molecule has 1 N–H and O–H groups in total. The molecule has 0 aliphatic carbocycles. The molecule has 0 fully saturated rings. The molecule has 0 aromatic carbocycles. The van der Waals surface area contributed by atoms with E-state index in [1.807, 2.05) is 30.7 Å². The summed E-state index contributed by atoms with van der Waals surface area (Å²) in [7, 11) is 1.91. The first kappa shape index (κ1) is 11.5. The number of rotatable bonds is 3. The van der Waals surface area contributed by atoms with E-state index in [4.69, 9.17) is 0 Å². The van der Waals surface area contributed by atoms with E-state index in [0.717, 1.165) is 17.2 Å². The normalized spacial score (nSPS) is 12.5. The molecule has 0 spiro atoms. The summed E-state index contributed by atoms with van der Waals surface area (Å²) in [5.74, 6) is 1.59. The van der Waals surface area contributed by atoms with Crippen LogP contribution < -0.4 is 5.32 Å². The molecule has 3 heterocycles. The van der Waals surface area contributed by atoms with E-state index in [1.54, 1.807) is 18.7 Å². The lowest BCUT2D eigenvalue weighted by molar-refractivity contribution is 0.717. The van der Waals surface area contributed by atoms with Gasteiger partial charge in [-0.2, -0.15) is 0 Å². The van der Waals surface area contributed by atoms with Gasteiger partial charge in [0.2, 0.25) is 0 Å². The molecule has 0 saturated heterocycles. The highest BCUT2D eigenvalue weighted by atomic mass is 15.3. The van der Waals surface area contributed by atoms with Gasteiger partial charge in [0, 0.05) is 19.4 Å². The maximum Gasteiger partial charge on any atom is 0.180 e. The molecular formula is C12H13N7. The quantitative estimate of drug-likeness (QED) is 0.760. The Labute approximate surface area is 109 Å². The van der Waals surface area contributed by atoms with Crippen LogP contribution in [-0.2, 0) is 7.05 Å². The number of hydrogen-bond acceptors (Lipinski definition) is 6. The van der Waals surface area contributed by atoms with Gasteiger partial charge in [-0.1, -0.05) is 0 Å². The molecular weight excluding hydrogens is 242 g/mol. The predicted octanol–water partition coefficient (Wildman–Crippen LogP) is 1.33. The van der Waals surface area contributed by atoms with Gasteiger partial charge in [0.05, 0.1) is 6.04 Å². The monoisotopic (exact) mass is 255 g/mol. The zero-order valence-corrected chi connectivity index (χ0v) is 10.6. The topological polar surface area (TPSA) is 81.4 Å². The summed E-state index contributed by atoms with van der Waals surface area (Å²) >= 11 is 0. The third kappa shape index (κ3) is 2.22. The van der Waals surface area contributed by atoms with Gasteiger partial charge in [-0.25, -0.2) is 9.97 Å². The van der Waals surface area contributed by atoms with Crippen molar-refractivity contribution in [3.05, 3.63) is 36.7 Å². The van der Waals surface area contributed by atoms with E-state index in [-0.39, 0.29) is 6.04 Å². The lowest BCUT2D eigenvalue weighted by Crippen LogP contribution is -2.12. The van der Waals surface area contributed by atoms with Gasteiger partial charge in [-0.15, -0.1) is 10.2 Å². The molecule has 1 unspecified atom stereocenters. The summed E-state index contributed by atoms with van der Waals surface area (Å²) in [6.07, 6.45) is 4.96. The highest BCUT2D eigenvalue weighted by Gasteiger charge is 2.11. The molecule has 0 aliphatic rings. The number of nitrogens with zero attached hydrogens (tertiary/aromatic N) is 6. The van der Waals surface area contributed by atoms with Crippen LogP contribution in [0.25, 0.3) is 11.2 Å². The number of pyridine rings is 1. The van der Waals surface area contributed by atoms with Crippen LogP contribution in [0.4, 0.5) is 5.82 Å². The third-order valence-electron chi connectivity index (χ3n) is 2.83. The fourth-order valence-corrected chi connectivity index (χ4v) is 1.91. The molecule has 19 heavy (non-hydrogen) atoms. The number of hydrogen-bond donors (Lipinski definition) is 1. The molecule has 3 rings (SSSR count). The van der Waals surface area contributed by atoms with Gasteiger partial charge in [0.1, 0.15) is 17.7 Å². The first-order chi connectivity index (χ1) is 9.24. The van der Waals surface area contributed by atoms with Crippen LogP contribution >= 0.6 is 0 Å². The molecule has 3 aromatic heterocycles. The third-order valence-corrected chi connectivity index (χ3v) is 2.83. The van der Waals surface area contributed by atoms with E-state index >= 15 is 0 Å². The second-order valence-corrected chi connectivity index (χ2v) is 4.26. The Balaban J connectivity index is 1.87. The van der Waals surface area contributed by atoms with E-state index in [9.17, 15) is 0 Å². The van der Waals surface area contributed by atoms with Gasteiger partial charge in [-0.05, 0) is 19.1 Å². The summed E-state index contributed by atoms with van der Waals surface area (Å²) in [5, 5.41) is 11.2. The Morgan fingerprint density at radius 3 is 2.84 bits per heavy atom. The lowest BCUT2D eigenvalue weighted by Gasteiger charge is -2.13. The average molecular weight is 255 g/mol.